The zero-order chi connectivity index (χ0) is 14.4. The number of nitrogens with one attached hydrogen (secondary N) is 1. The van der Waals surface area contributed by atoms with Gasteiger partial charge < -0.3 is 9.47 Å². The molecule has 0 aromatic heterocycles. The van der Waals surface area contributed by atoms with E-state index in [4.69, 9.17) is 15.3 Å². The first kappa shape index (κ1) is 15.3. The van der Waals surface area contributed by atoms with E-state index in [1.54, 1.807) is 0 Å². The summed E-state index contributed by atoms with van der Waals surface area (Å²) in [5, 5.41) is 0. The molecule has 1 aliphatic rings. The molecule has 2 rings (SSSR count). The van der Waals surface area contributed by atoms with E-state index in [1.807, 2.05) is 6.92 Å². The van der Waals surface area contributed by atoms with Crippen LogP contribution in [0.25, 0.3) is 0 Å². The predicted octanol–water partition coefficient (Wildman–Crippen LogP) is 2.72. The highest BCUT2D eigenvalue weighted by Gasteiger charge is 2.27. The molecule has 20 heavy (non-hydrogen) atoms. The van der Waals surface area contributed by atoms with Gasteiger partial charge >= 0.3 is 0 Å². The smallest absolute Gasteiger partial charge is 0.127 e. The lowest BCUT2D eigenvalue weighted by Crippen LogP contribution is -2.38. The fraction of sp³-hybridized carbons (Fsp3) is 0.625. The van der Waals surface area contributed by atoms with Crippen LogP contribution in [0.4, 0.5) is 0 Å². The van der Waals surface area contributed by atoms with Crippen molar-refractivity contribution in [2.24, 2.45) is 5.84 Å². The molecule has 1 aromatic carbocycles. The van der Waals surface area contributed by atoms with E-state index < -0.39 is 0 Å². The van der Waals surface area contributed by atoms with Gasteiger partial charge in [-0.25, -0.2) is 0 Å². The zero-order valence-corrected chi connectivity index (χ0v) is 12.5. The minimum Gasteiger partial charge on any atom is -0.493 e. The van der Waals surface area contributed by atoms with E-state index in [1.165, 1.54) is 5.56 Å². The van der Waals surface area contributed by atoms with Gasteiger partial charge in [0.05, 0.1) is 18.8 Å². The second kappa shape index (κ2) is 7.62. The molecule has 0 aliphatic carbocycles. The highest BCUT2D eigenvalue weighted by Crippen LogP contribution is 2.35. The molecular weight excluding hydrogens is 252 g/mol. The van der Waals surface area contributed by atoms with E-state index in [9.17, 15) is 0 Å². The standard InChI is InChI=1S/C16H26N2O2/c1-3-7-14(19-4-2)15(18-17)13-10-5-8-12-9-6-11-20-16(12)13/h5,8,10,14-15,18H,3-4,6-7,9,11,17H2,1-2H3. The van der Waals surface area contributed by atoms with E-state index in [-0.39, 0.29) is 12.1 Å². The van der Waals surface area contributed by atoms with E-state index >= 15 is 0 Å². The Balaban J connectivity index is 2.30. The molecule has 1 aliphatic heterocycles. The van der Waals surface area contributed by atoms with E-state index in [2.05, 4.69) is 30.5 Å². The Hall–Kier alpha value is -1.10. The molecular formula is C16H26N2O2. The normalized spacial score (nSPS) is 17.1. The van der Waals surface area contributed by atoms with Crippen LogP contribution in [0, 0.1) is 0 Å². The first-order valence-corrected chi connectivity index (χ1v) is 7.64. The molecule has 0 spiro atoms. The first-order valence-electron chi connectivity index (χ1n) is 7.64. The molecule has 3 N–H and O–H groups in total. The average Bonchev–Trinajstić information content (AvgIpc) is 2.49. The van der Waals surface area contributed by atoms with Crippen molar-refractivity contribution >= 4 is 0 Å². The number of benzene rings is 1. The molecule has 2 atom stereocenters. The van der Waals surface area contributed by atoms with Crippen molar-refractivity contribution in [3.8, 4) is 5.75 Å². The molecule has 4 nitrogen and oxygen atoms in total. The Kier molecular flexibility index (Phi) is 5.83. The number of hydrogen-bond acceptors (Lipinski definition) is 4. The summed E-state index contributed by atoms with van der Waals surface area (Å²) in [6.07, 6.45) is 4.28. The van der Waals surface area contributed by atoms with Crippen molar-refractivity contribution in [1.29, 1.82) is 0 Å². The van der Waals surface area contributed by atoms with Crippen molar-refractivity contribution in [3.05, 3.63) is 29.3 Å². The molecule has 0 saturated heterocycles. The Morgan fingerprint density at radius 2 is 2.25 bits per heavy atom. The summed E-state index contributed by atoms with van der Waals surface area (Å²) < 4.78 is 11.8. The summed E-state index contributed by atoms with van der Waals surface area (Å²) in [5.41, 5.74) is 5.33. The molecule has 1 aromatic rings. The van der Waals surface area contributed by atoms with Gasteiger partial charge in [0.15, 0.2) is 0 Å². The topological polar surface area (TPSA) is 56.5 Å². The van der Waals surface area contributed by atoms with Crippen LogP contribution in [0.3, 0.4) is 0 Å². The molecule has 2 unspecified atom stereocenters. The summed E-state index contributed by atoms with van der Waals surface area (Å²) in [6.45, 7) is 5.66. The second-order valence-corrected chi connectivity index (χ2v) is 5.21. The number of aryl methyl sites for hydroxylation is 1. The minimum atomic E-state index is -0.0250. The highest BCUT2D eigenvalue weighted by atomic mass is 16.5. The number of nitrogens with two attached hydrogens (primary N) is 1. The van der Waals surface area contributed by atoms with Crippen molar-refractivity contribution < 1.29 is 9.47 Å². The molecule has 0 bridgehead atoms. The molecule has 1 heterocycles. The number of para-hydroxylation sites is 1. The quantitative estimate of drug-likeness (QED) is 0.595. The van der Waals surface area contributed by atoms with E-state index in [0.29, 0.717) is 6.61 Å². The largest absolute Gasteiger partial charge is 0.493 e. The van der Waals surface area contributed by atoms with Gasteiger partial charge in [0, 0.05) is 12.2 Å². The van der Waals surface area contributed by atoms with E-state index in [0.717, 1.165) is 43.6 Å². The van der Waals surface area contributed by atoms with Crippen LogP contribution in [0.5, 0.6) is 5.75 Å². The zero-order valence-electron chi connectivity index (χ0n) is 12.5. The van der Waals surface area contributed by atoms with Crippen molar-refractivity contribution in [2.75, 3.05) is 13.2 Å². The summed E-state index contributed by atoms with van der Waals surface area (Å²) in [6, 6.07) is 6.29. The monoisotopic (exact) mass is 278 g/mol. The number of hydrazine groups is 1. The lowest BCUT2D eigenvalue weighted by atomic mass is 9.93. The molecule has 0 amide bonds. The van der Waals surface area contributed by atoms with Crippen LogP contribution in [-0.2, 0) is 11.2 Å². The molecule has 0 radical (unpaired) electrons. The Labute approximate surface area is 121 Å². The van der Waals surface area contributed by atoms with Crippen LogP contribution in [0.2, 0.25) is 0 Å². The number of hydrogen-bond donors (Lipinski definition) is 2. The van der Waals surface area contributed by atoms with Gasteiger partial charge in [0.2, 0.25) is 0 Å². The SMILES string of the molecule is CCCC(OCC)C(NN)c1cccc2c1OCCC2. The third-order valence-electron chi connectivity index (χ3n) is 3.80. The number of rotatable bonds is 7. The Bertz CT molecular complexity index is 417. The Morgan fingerprint density at radius 3 is 2.95 bits per heavy atom. The highest BCUT2D eigenvalue weighted by molar-refractivity contribution is 5.44. The number of ether oxygens (including phenoxy) is 2. The molecule has 112 valence electrons. The van der Waals surface area contributed by atoms with Crippen molar-refractivity contribution in [2.45, 2.75) is 51.7 Å². The predicted molar refractivity (Wildman–Crippen MR) is 80.6 cm³/mol. The third-order valence-corrected chi connectivity index (χ3v) is 3.80. The van der Waals surface area contributed by atoms with Crippen LogP contribution >= 0.6 is 0 Å². The minimum absolute atomic E-state index is 0.0250. The first-order chi connectivity index (χ1) is 9.81. The maximum Gasteiger partial charge on any atom is 0.127 e. The lowest BCUT2D eigenvalue weighted by molar-refractivity contribution is 0.0267. The summed E-state index contributed by atoms with van der Waals surface area (Å²) in [7, 11) is 0. The van der Waals surface area contributed by atoms with Crippen LogP contribution in [0.15, 0.2) is 18.2 Å². The molecule has 0 fully saturated rings. The summed E-state index contributed by atoms with van der Waals surface area (Å²) in [5.74, 6) is 6.82. The van der Waals surface area contributed by atoms with Gasteiger partial charge in [-0.2, -0.15) is 0 Å². The molecule has 4 heteroatoms. The Morgan fingerprint density at radius 1 is 1.40 bits per heavy atom. The fourth-order valence-electron chi connectivity index (χ4n) is 2.90. The summed E-state index contributed by atoms with van der Waals surface area (Å²) >= 11 is 0. The van der Waals surface area contributed by atoms with Crippen LogP contribution in [0.1, 0.15) is 50.3 Å². The fourth-order valence-corrected chi connectivity index (χ4v) is 2.90. The number of fused-ring (bicyclic) bond motifs is 1. The lowest BCUT2D eigenvalue weighted by Gasteiger charge is -2.30. The average molecular weight is 278 g/mol. The van der Waals surface area contributed by atoms with Crippen LogP contribution < -0.4 is 16.0 Å². The van der Waals surface area contributed by atoms with Crippen LogP contribution in [-0.4, -0.2) is 19.3 Å². The molecule has 0 saturated carbocycles. The third kappa shape index (κ3) is 3.32. The van der Waals surface area contributed by atoms with Crippen molar-refractivity contribution in [1.82, 2.24) is 5.43 Å². The maximum absolute atomic E-state index is 5.89. The van der Waals surface area contributed by atoms with Gasteiger partial charge in [-0.3, -0.25) is 11.3 Å². The van der Waals surface area contributed by atoms with Gasteiger partial charge in [-0.05, 0) is 31.7 Å². The van der Waals surface area contributed by atoms with Gasteiger partial charge in [0.25, 0.3) is 0 Å². The van der Waals surface area contributed by atoms with Gasteiger partial charge in [-0.1, -0.05) is 31.5 Å². The van der Waals surface area contributed by atoms with Gasteiger partial charge in [-0.15, -0.1) is 0 Å². The second-order valence-electron chi connectivity index (χ2n) is 5.21. The maximum atomic E-state index is 5.89. The van der Waals surface area contributed by atoms with Gasteiger partial charge in [0.1, 0.15) is 5.75 Å². The summed E-state index contributed by atoms with van der Waals surface area (Å²) in [4.78, 5) is 0. The van der Waals surface area contributed by atoms with Crippen molar-refractivity contribution in [3.63, 3.8) is 0 Å².